The summed E-state index contributed by atoms with van der Waals surface area (Å²) < 4.78 is 50.0. The lowest BCUT2D eigenvalue weighted by atomic mass is 10.2. The maximum atomic E-state index is 12.9. The van der Waals surface area contributed by atoms with Gasteiger partial charge in [0.15, 0.2) is 19.7 Å². The Morgan fingerprint density at radius 1 is 1.15 bits per heavy atom. The predicted octanol–water partition coefficient (Wildman–Crippen LogP) is 2.17. The molecule has 2 atom stereocenters. The Bertz CT molecular complexity index is 901. The van der Waals surface area contributed by atoms with E-state index in [4.69, 9.17) is 28.3 Å². The minimum absolute atomic E-state index is 0.0627. The SMILES string of the molecule is O=C(O)CCCCCN[C@H]1CS(=O)(=O)C[C@@H]1S(=O)(=O)c1ccc(Cl)c(Cl)c1. The van der Waals surface area contributed by atoms with Crippen molar-refractivity contribution in [1.29, 1.82) is 0 Å². The number of carboxylic acid groups (broad SMARTS) is 1. The maximum Gasteiger partial charge on any atom is 0.303 e. The van der Waals surface area contributed by atoms with Crippen molar-refractivity contribution in [2.75, 3.05) is 18.1 Å². The van der Waals surface area contributed by atoms with Crippen molar-refractivity contribution in [1.82, 2.24) is 5.32 Å². The van der Waals surface area contributed by atoms with Crippen LogP contribution in [-0.2, 0) is 24.5 Å². The molecule has 1 heterocycles. The Balaban J connectivity index is 2.08. The fourth-order valence-electron chi connectivity index (χ4n) is 3.01. The number of nitrogens with one attached hydrogen (secondary N) is 1. The van der Waals surface area contributed by atoms with Gasteiger partial charge in [-0.3, -0.25) is 4.79 Å². The van der Waals surface area contributed by atoms with Crippen LogP contribution in [0.25, 0.3) is 0 Å². The Morgan fingerprint density at radius 3 is 2.48 bits per heavy atom. The normalized spacial score (nSPS) is 22.0. The standard InChI is InChI=1S/C16H21Cl2NO6S2/c17-12-6-5-11(8-13(12)18)27(24,25)15-10-26(22,23)9-14(15)19-7-3-1-2-4-16(20)21/h5-6,8,14-15,19H,1-4,7,9-10H2,(H,20,21)/t14-,15-/m0/s1. The molecule has 0 bridgehead atoms. The van der Waals surface area contributed by atoms with Gasteiger partial charge in [-0.25, -0.2) is 16.8 Å². The van der Waals surface area contributed by atoms with Gasteiger partial charge in [0.25, 0.3) is 0 Å². The average Bonchev–Trinajstić information content (AvgIpc) is 2.88. The second-order valence-corrected chi connectivity index (χ2v) is 11.6. The summed E-state index contributed by atoms with van der Waals surface area (Å²) in [5.41, 5.74) is 0. The first kappa shape index (κ1) is 22.4. The first-order valence-electron chi connectivity index (χ1n) is 8.37. The summed E-state index contributed by atoms with van der Waals surface area (Å²) in [5, 5.41) is 10.8. The van der Waals surface area contributed by atoms with Gasteiger partial charge >= 0.3 is 5.97 Å². The van der Waals surface area contributed by atoms with Crippen LogP contribution in [0.15, 0.2) is 23.1 Å². The Labute approximate surface area is 168 Å². The minimum atomic E-state index is -3.92. The van der Waals surface area contributed by atoms with E-state index in [1.165, 1.54) is 18.2 Å². The molecule has 1 aromatic carbocycles. The number of aliphatic carboxylic acids is 1. The lowest BCUT2D eigenvalue weighted by molar-refractivity contribution is -0.137. The maximum absolute atomic E-state index is 12.9. The lowest BCUT2D eigenvalue weighted by Gasteiger charge is -2.20. The van der Waals surface area contributed by atoms with E-state index in [0.29, 0.717) is 25.8 Å². The number of carboxylic acids is 1. The van der Waals surface area contributed by atoms with E-state index in [1.807, 2.05) is 0 Å². The van der Waals surface area contributed by atoms with E-state index in [-0.39, 0.29) is 27.1 Å². The highest BCUT2D eigenvalue weighted by Crippen LogP contribution is 2.30. The summed E-state index contributed by atoms with van der Waals surface area (Å²) in [5.74, 6) is -1.57. The molecule has 1 saturated heterocycles. The second-order valence-electron chi connectivity index (χ2n) is 6.50. The fraction of sp³-hybridized carbons (Fsp3) is 0.562. The third-order valence-corrected chi connectivity index (χ3v) is 9.28. The predicted molar refractivity (Wildman–Crippen MR) is 104 cm³/mol. The van der Waals surface area contributed by atoms with Crippen LogP contribution >= 0.6 is 23.2 Å². The van der Waals surface area contributed by atoms with Crippen LogP contribution in [0.3, 0.4) is 0 Å². The van der Waals surface area contributed by atoms with Crippen molar-refractivity contribution in [2.45, 2.75) is 41.9 Å². The molecule has 0 amide bonds. The van der Waals surface area contributed by atoms with Crippen LogP contribution in [0.2, 0.25) is 10.0 Å². The van der Waals surface area contributed by atoms with Gasteiger partial charge in [0.2, 0.25) is 0 Å². The van der Waals surface area contributed by atoms with Crippen molar-refractivity contribution >= 4 is 48.8 Å². The molecule has 1 aliphatic rings. The molecule has 0 spiro atoms. The van der Waals surface area contributed by atoms with Crippen molar-refractivity contribution in [3.05, 3.63) is 28.2 Å². The van der Waals surface area contributed by atoms with E-state index >= 15 is 0 Å². The molecule has 27 heavy (non-hydrogen) atoms. The largest absolute Gasteiger partial charge is 0.481 e. The molecule has 2 N–H and O–H groups in total. The van der Waals surface area contributed by atoms with Gasteiger partial charge in [-0.2, -0.15) is 0 Å². The van der Waals surface area contributed by atoms with E-state index in [0.717, 1.165) is 0 Å². The molecule has 0 aliphatic carbocycles. The van der Waals surface area contributed by atoms with Gasteiger partial charge < -0.3 is 10.4 Å². The van der Waals surface area contributed by atoms with Crippen LogP contribution in [0.5, 0.6) is 0 Å². The van der Waals surface area contributed by atoms with Gasteiger partial charge in [0.05, 0.1) is 31.7 Å². The summed E-state index contributed by atoms with van der Waals surface area (Å²) in [6.45, 7) is 0.410. The smallest absolute Gasteiger partial charge is 0.303 e. The number of halogens is 2. The summed E-state index contributed by atoms with van der Waals surface area (Å²) in [6, 6.07) is 3.18. The van der Waals surface area contributed by atoms with Gasteiger partial charge in [0.1, 0.15) is 0 Å². The summed E-state index contributed by atoms with van der Waals surface area (Å²) in [7, 11) is -7.41. The molecule has 0 radical (unpaired) electrons. The number of benzene rings is 1. The van der Waals surface area contributed by atoms with Gasteiger partial charge in [-0.05, 0) is 37.6 Å². The molecule has 1 aliphatic heterocycles. The highest BCUT2D eigenvalue weighted by molar-refractivity contribution is 7.96. The number of hydrogen-bond acceptors (Lipinski definition) is 6. The van der Waals surface area contributed by atoms with E-state index < -0.39 is 42.7 Å². The van der Waals surface area contributed by atoms with Crippen molar-refractivity contribution in [2.24, 2.45) is 0 Å². The molecule has 0 aromatic heterocycles. The summed E-state index contributed by atoms with van der Waals surface area (Å²) in [4.78, 5) is 10.4. The summed E-state index contributed by atoms with van der Waals surface area (Å²) in [6.07, 6.45) is 1.88. The third kappa shape index (κ3) is 6.05. The number of rotatable bonds is 9. The van der Waals surface area contributed by atoms with Crippen molar-refractivity contribution in [3.63, 3.8) is 0 Å². The van der Waals surface area contributed by atoms with E-state index in [9.17, 15) is 21.6 Å². The van der Waals surface area contributed by atoms with Crippen molar-refractivity contribution in [3.8, 4) is 0 Å². The molecule has 11 heteroatoms. The molecule has 152 valence electrons. The Morgan fingerprint density at radius 2 is 1.85 bits per heavy atom. The lowest BCUT2D eigenvalue weighted by Crippen LogP contribution is -2.43. The molecule has 7 nitrogen and oxygen atoms in total. The fourth-order valence-corrected chi connectivity index (χ4v) is 8.11. The highest BCUT2D eigenvalue weighted by atomic mass is 35.5. The monoisotopic (exact) mass is 457 g/mol. The minimum Gasteiger partial charge on any atom is -0.481 e. The van der Waals surface area contributed by atoms with Crippen LogP contribution in [0, 0.1) is 0 Å². The van der Waals surface area contributed by atoms with Gasteiger partial charge in [-0.15, -0.1) is 0 Å². The van der Waals surface area contributed by atoms with Crippen molar-refractivity contribution < 1.29 is 26.7 Å². The molecule has 0 unspecified atom stereocenters. The molecule has 1 fully saturated rings. The van der Waals surface area contributed by atoms with E-state index in [1.54, 1.807) is 0 Å². The number of carbonyl (C=O) groups is 1. The van der Waals surface area contributed by atoms with Crippen LogP contribution in [-0.4, -0.2) is 57.3 Å². The zero-order valence-electron chi connectivity index (χ0n) is 14.4. The zero-order chi connectivity index (χ0) is 20.2. The average molecular weight is 458 g/mol. The Hall–Kier alpha value is -0.870. The number of sulfone groups is 2. The number of hydrogen-bond donors (Lipinski definition) is 2. The molecular formula is C16H21Cl2NO6S2. The topological polar surface area (TPSA) is 118 Å². The molecular weight excluding hydrogens is 437 g/mol. The van der Waals surface area contributed by atoms with Gasteiger partial charge in [0, 0.05) is 12.5 Å². The Kier molecular flexibility index (Phi) is 7.54. The molecule has 2 rings (SSSR count). The van der Waals surface area contributed by atoms with Gasteiger partial charge in [-0.1, -0.05) is 29.6 Å². The first-order valence-corrected chi connectivity index (χ1v) is 12.5. The quantitative estimate of drug-likeness (QED) is 0.545. The number of unbranched alkanes of at least 4 members (excludes halogenated alkanes) is 2. The summed E-state index contributed by atoms with van der Waals surface area (Å²) >= 11 is 11.7. The molecule has 0 saturated carbocycles. The van der Waals surface area contributed by atoms with E-state index in [2.05, 4.69) is 5.32 Å². The highest BCUT2D eigenvalue weighted by Gasteiger charge is 2.45. The zero-order valence-corrected chi connectivity index (χ0v) is 17.5. The van der Waals surface area contributed by atoms with Crippen LogP contribution in [0.4, 0.5) is 0 Å². The van der Waals surface area contributed by atoms with Crippen LogP contribution < -0.4 is 5.32 Å². The second kappa shape index (κ2) is 9.09. The van der Waals surface area contributed by atoms with Crippen LogP contribution in [0.1, 0.15) is 25.7 Å². The third-order valence-electron chi connectivity index (χ3n) is 4.39. The molecule has 1 aromatic rings. The first-order chi connectivity index (χ1) is 12.5.